The third kappa shape index (κ3) is 50.7. The van der Waals surface area contributed by atoms with Crippen LogP contribution in [-0.4, -0.2) is 42.8 Å². The second-order valence-electron chi connectivity index (χ2n) is 18.3. The Morgan fingerprint density at radius 1 is 0.467 bits per heavy atom. The first kappa shape index (κ1) is 58.3. The number of rotatable bonds is 51. The molecule has 0 amide bonds. The van der Waals surface area contributed by atoms with Crippen molar-refractivity contribution in [3.05, 3.63) is 24.3 Å². The summed E-state index contributed by atoms with van der Waals surface area (Å²) in [6.45, 7) is 4.76. The van der Waals surface area contributed by atoms with Crippen LogP contribution in [0.5, 0.6) is 0 Å². The number of carbonyl (C=O) groups is 2. The molecule has 60 heavy (non-hydrogen) atoms. The van der Waals surface area contributed by atoms with Crippen LogP contribution in [0.25, 0.3) is 0 Å². The molecule has 0 aliphatic heterocycles. The normalized spacial score (nSPS) is 12.3. The summed E-state index contributed by atoms with van der Waals surface area (Å²) >= 11 is 0. The number of ether oxygens (including phenoxy) is 1. The fourth-order valence-electron chi connectivity index (χ4n) is 8.22. The van der Waals surface area contributed by atoms with Gasteiger partial charge in [0.25, 0.3) is 0 Å². The number of allylic oxidation sites excluding steroid dienone is 4. The van der Waals surface area contributed by atoms with E-state index in [9.17, 15) is 9.59 Å². The van der Waals surface area contributed by atoms with Gasteiger partial charge in [-0.2, -0.15) is 0 Å². The first-order valence-electron chi connectivity index (χ1n) is 26.7. The van der Waals surface area contributed by atoms with E-state index < -0.39 is 5.97 Å². The Kier molecular flexibility index (Phi) is 50.3. The first-order chi connectivity index (χ1) is 29.6. The number of hydrogen-bond acceptors (Lipinski definition) is 5. The molecule has 354 valence electrons. The van der Waals surface area contributed by atoms with Crippen molar-refractivity contribution in [3.8, 4) is 0 Å². The van der Waals surface area contributed by atoms with E-state index in [1.165, 1.54) is 225 Å². The number of nitrogens with one attached hydrogen (secondary N) is 1. The van der Waals surface area contributed by atoms with Gasteiger partial charge in [-0.1, -0.05) is 211 Å². The van der Waals surface area contributed by atoms with Crippen molar-refractivity contribution in [2.24, 2.45) is 5.73 Å². The molecule has 0 aromatic heterocycles. The number of esters is 1. The molecule has 0 saturated carbocycles. The lowest BCUT2D eigenvalue weighted by atomic mass is 10.0. The van der Waals surface area contributed by atoms with Gasteiger partial charge in [-0.15, -0.1) is 0 Å². The molecule has 6 heteroatoms. The van der Waals surface area contributed by atoms with Gasteiger partial charge < -0.3 is 20.9 Å². The Morgan fingerprint density at radius 3 is 1.23 bits per heavy atom. The van der Waals surface area contributed by atoms with Crippen LogP contribution in [0.15, 0.2) is 24.3 Å². The van der Waals surface area contributed by atoms with Crippen molar-refractivity contribution in [2.45, 2.75) is 289 Å². The highest BCUT2D eigenvalue weighted by molar-refractivity contribution is 5.69. The Morgan fingerprint density at radius 2 is 0.817 bits per heavy atom. The largest absolute Gasteiger partial charge is 0.481 e. The van der Waals surface area contributed by atoms with E-state index in [0.29, 0.717) is 25.5 Å². The van der Waals surface area contributed by atoms with Crippen LogP contribution in [0.2, 0.25) is 0 Å². The Hall–Kier alpha value is -1.66. The summed E-state index contributed by atoms with van der Waals surface area (Å²) in [5.41, 5.74) is 6.07. The summed E-state index contributed by atoms with van der Waals surface area (Å²) in [5.74, 6) is -0.662. The van der Waals surface area contributed by atoms with Gasteiger partial charge in [-0.3, -0.25) is 9.59 Å². The predicted molar refractivity (Wildman–Crippen MR) is 262 cm³/mol. The zero-order chi connectivity index (χ0) is 43.5. The van der Waals surface area contributed by atoms with Crippen molar-refractivity contribution in [3.63, 3.8) is 0 Å². The average Bonchev–Trinajstić information content (AvgIpc) is 3.24. The monoisotopic (exact) mass is 845 g/mol. The van der Waals surface area contributed by atoms with Crippen molar-refractivity contribution in [1.82, 2.24) is 5.32 Å². The molecular formula is C54H104N2O4. The molecule has 1 unspecified atom stereocenters. The number of aliphatic carboxylic acids is 1. The van der Waals surface area contributed by atoms with E-state index in [1.54, 1.807) is 0 Å². The van der Waals surface area contributed by atoms with Crippen LogP contribution in [0.4, 0.5) is 0 Å². The molecule has 4 N–H and O–H groups in total. The highest BCUT2D eigenvalue weighted by Gasteiger charge is 2.06. The van der Waals surface area contributed by atoms with E-state index in [0.717, 1.165) is 51.6 Å². The average molecular weight is 845 g/mol. The van der Waals surface area contributed by atoms with Crippen LogP contribution >= 0.6 is 0 Å². The van der Waals surface area contributed by atoms with Gasteiger partial charge >= 0.3 is 11.9 Å². The number of unbranched alkanes of at least 4 members (excludes halogenated alkanes) is 35. The van der Waals surface area contributed by atoms with Gasteiger partial charge in [0.1, 0.15) is 0 Å². The molecule has 6 nitrogen and oxygen atoms in total. The second kappa shape index (κ2) is 51.7. The maximum Gasteiger partial charge on any atom is 0.305 e. The fourth-order valence-corrected chi connectivity index (χ4v) is 8.22. The van der Waals surface area contributed by atoms with E-state index in [1.807, 2.05) is 0 Å². The topological polar surface area (TPSA) is 102 Å². The summed E-state index contributed by atoms with van der Waals surface area (Å²) in [7, 11) is 0. The Bertz CT molecular complexity index is 921. The van der Waals surface area contributed by atoms with E-state index >= 15 is 0 Å². The van der Waals surface area contributed by atoms with Crippen LogP contribution in [0.1, 0.15) is 283 Å². The lowest BCUT2D eigenvalue weighted by molar-refractivity contribution is -0.144. The van der Waals surface area contributed by atoms with Crippen molar-refractivity contribution < 1.29 is 19.4 Å². The van der Waals surface area contributed by atoms with Gasteiger partial charge in [0.2, 0.25) is 0 Å². The Balaban J connectivity index is 3.34. The Labute approximate surface area is 374 Å². The predicted octanol–water partition coefficient (Wildman–Crippen LogP) is 16.4. The molecule has 0 aliphatic carbocycles. The van der Waals surface area contributed by atoms with Crippen molar-refractivity contribution >= 4 is 11.9 Å². The van der Waals surface area contributed by atoms with Crippen LogP contribution in [0.3, 0.4) is 0 Å². The molecule has 1 atom stereocenters. The lowest BCUT2D eigenvalue weighted by Crippen LogP contribution is -2.36. The molecule has 0 rings (SSSR count). The molecular weight excluding hydrogens is 741 g/mol. The van der Waals surface area contributed by atoms with Crippen molar-refractivity contribution in [2.75, 3.05) is 19.7 Å². The minimum absolute atomic E-state index is 0.00784. The summed E-state index contributed by atoms with van der Waals surface area (Å²) in [5, 5.41) is 12.4. The van der Waals surface area contributed by atoms with Gasteiger partial charge in [-0.05, 0) is 90.0 Å². The zero-order valence-electron chi connectivity index (χ0n) is 40.2. The van der Waals surface area contributed by atoms with Gasteiger partial charge in [0.05, 0.1) is 6.61 Å². The second-order valence-corrected chi connectivity index (χ2v) is 18.3. The smallest absolute Gasteiger partial charge is 0.305 e. The zero-order valence-corrected chi connectivity index (χ0v) is 40.2. The molecule has 0 aliphatic rings. The molecule has 0 heterocycles. The minimum atomic E-state index is -0.670. The number of carboxylic acids is 1. The highest BCUT2D eigenvalue weighted by Crippen LogP contribution is 2.15. The number of carboxylic acid groups (broad SMARTS) is 1. The summed E-state index contributed by atoms with van der Waals surface area (Å²) in [6.07, 6.45) is 62.6. The number of carbonyl (C=O) groups excluding carboxylic acids is 1. The molecule has 0 aromatic rings. The molecule has 0 spiro atoms. The van der Waals surface area contributed by atoms with Crippen LogP contribution in [0, 0.1) is 0 Å². The maximum absolute atomic E-state index is 12.0. The van der Waals surface area contributed by atoms with Crippen molar-refractivity contribution in [1.29, 1.82) is 0 Å². The molecule has 0 aromatic carbocycles. The third-order valence-corrected chi connectivity index (χ3v) is 12.3. The van der Waals surface area contributed by atoms with Crippen LogP contribution < -0.4 is 11.1 Å². The summed E-state index contributed by atoms with van der Waals surface area (Å²) in [4.78, 5) is 22.6. The van der Waals surface area contributed by atoms with Gasteiger partial charge in [0.15, 0.2) is 0 Å². The first-order valence-corrected chi connectivity index (χ1v) is 26.7. The summed E-state index contributed by atoms with van der Waals surface area (Å²) < 4.78 is 5.47. The molecule has 0 saturated heterocycles. The molecule has 0 fully saturated rings. The van der Waals surface area contributed by atoms with E-state index in [-0.39, 0.29) is 5.97 Å². The highest BCUT2D eigenvalue weighted by atomic mass is 16.5. The number of nitrogens with two attached hydrogens (primary N) is 1. The lowest BCUT2D eigenvalue weighted by Gasteiger charge is -2.16. The summed E-state index contributed by atoms with van der Waals surface area (Å²) in [6, 6.07) is 0.482. The van der Waals surface area contributed by atoms with Crippen LogP contribution in [-0.2, 0) is 14.3 Å². The molecule has 0 bridgehead atoms. The van der Waals surface area contributed by atoms with Gasteiger partial charge in [0, 0.05) is 25.4 Å². The maximum atomic E-state index is 12.0. The number of hydrogen-bond donors (Lipinski definition) is 3. The minimum Gasteiger partial charge on any atom is -0.481 e. The fraction of sp³-hybridized carbons (Fsp3) is 0.889. The standard InChI is InChI=1S/C54H104N2O4/c1-2-3-4-5-6-7-8-9-20-25-30-35-40-45-50-60-54(59)48-43-38-33-28-23-18-14-11-15-19-24-29-34-39-44-49-56-52(51-55)46-41-36-31-26-21-16-12-10-13-17-22-27-32-37-42-47-53(57)58/h10-11,13-14,52,56H,2-9,12,15-51,55H2,1H3,(H,57,58). The quantitative estimate of drug-likeness (QED) is 0.0320. The van der Waals surface area contributed by atoms with Gasteiger partial charge in [-0.25, -0.2) is 0 Å². The molecule has 0 radical (unpaired) electrons. The van der Waals surface area contributed by atoms with E-state index in [2.05, 4.69) is 36.5 Å². The third-order valence-electron chi connectivity index (χ3n) is 12.3. The van der Waals surface area contributed by atoms with E-state index in [4.69, 9.17) is 15.6 Å². The SMILES string of the molecule is CCCCCCCCCCCCCCCCOC(=O)CCCCCCCC=CCCCCCCCCNC(CN)CCCCCCCCC=CCCCCCCCC(=O)O.